The lowest BCUT2D eigenvalue weighted by Gasteiger charge is -2.34. The third-order valence-electron chi connectivity index (χ3n) is 3.59. The van der Waals surface area contributed by atoms with E-state index in [9.17, 15) is 4.79 Å². The van der Waals surface area contributed by atoms with Gasteiger partial charge in [-0.05, 0) is 19.3 Å². The number of methoxy groups -OCH3 is 2. The monoisotopic (exact) mass is 200 g/mol. The van der Waals surface area contributed by atoms with Gasteiger partial charge in [0.1, 0.15) is 5.60 Å². The summed E-state index contributed by atoms with van der Waals surface area (Å²) in [5, 5.41) is 0. The number of hydrogen-bond acceptors (Lipinski definition) is 4. The summed E-state index contributed by atoms with van der Waals surface area (Å²) in [4.78, 5) is 11.6. The van der Waals surface area contributed by atoms with Gasteiger partial charge in [-0.15, -0.1) is 0 Å². The summed E-state index contributed by atoms with van der Waals surface area (Å²) >= 11 is 0. The van der Waals surface area contributed by atoms with Gasteiger partial charge in [0.05, 0.1) is 13.2 Å². The van der Waals surface area contributed by atoms with Crippen molar-refractivity contribution in [3.63, 3.8) is 0 Å². The first-order valence-corrected chi connectivity index (χ1v) is 4.98. The summed E-state index contributed by atoms with van der Waals surface area (Å²) in [7, 11) is 3.06. The first-order chi connectivity index (χ1) is 6.66. The van der Waals surface area contributed by atoms with Crippen LogP contribution in [-0.4, -0.2) is 37.5 Å². The number of epoxide rings is 1. The van der Waals surface area contributed by atoms with Gasteiger partial charge in [0.15, 0.2) is 5.60 Å². The highest BCUT2D eigenvalue weighted by Gasteiger charge is 2.81. The maximum absolute atomic E-state index is 11.6. The van der Waals surface area contributed by atoms with Crippen molar-refractivity contribution in [2.75, 3.05) is 14.2 Å². The number of rotatable bonds is 3. The molecule has 0 N–H and O–H groups in total. The highest BCUT2D eigenvalue weighted by molar-refractivity contribution is 5.85. The molecule has 0 aromatic heterocycles. The number of carbonyl (C=O) groups is 1. The van der Waals surface area contributed by atoms with Crippen molar-refractivity contribution in [3.8, 4) is 0 Å². The standard InChI is InChI=1S/C10H16O4/c1-4-9(8(11)13-3)10(14-9)6-5-7(10)12-2/h7H,4-6H2,1-3H3. The minimum atomic E-state index is -0.722. The Kier molecular flexibility index (Phi) is 2.08. The molecule has 3 unspecified atom stereocenters. The molecule has 1 spiro atoms. The van der Waals surface area contributed by atoms with E-state index in [1.807, 2.05) is 6.92 Å². The fourth-order valence-electron chi connectivity index (χ4n) is 2.59. The molecule has 1 aliphatic carbocycles. The summed E-state index contributed by atoms with van der Waals surface area (Å²) in [6, 6.07) is 0. The molecule has 0 bridgehead atoms. The second-order valence-electron chi connectivity index (χ2n) is 3.93. The molecule has 4 nitrogen and oxygen atoms in total. The second kappa shape index (κ2) is 2.94. The van der Waals surface area contributed by atoms with Crippen LogP contribution >= 0.6 is 0 Å². The molecule has 2 aliphatic rings. The van der Waals surface area contributed by atoms with Crippen LogP contribution in [0.1, 0.15) is 26.2 Å². The molecule has 0 aromatic rings. The Morgan fingerprint density at radius 3 is 2.64 bits per heavy atom. The van der Waals surface area contributed by atoms with Crippen LogP contribution in [0.4, 0.5) is 0 Å². The molecular weight excluding hydrogens is 184 g/mol. The molecule has 2 fully saturated rings. The minimum absolute atomic E-state index is 0.0570. The van der Waals surface area contributed by atoms with E-state index in [-0.39, 0.29) is 17.7 Å². The molecule has 80 valence electrons. The van der Waals surface area contributed by atoms with E-state index in [4.69, 9.17) is 14.2 Å². The van der Waals surface area contributed by atoms with E-state index < -0.39 is 5.60 Å². The van der Waals surface area contributed by atoms with E-state index in [0.717, 1.165) is 12.8 Å². The van der Waals surface area contributed by atoms with E-state index >= 15 is 0 Å². The molecular formula is C10H16O4. The fourth-order valence-corrected chi connectivity index (χ4v) is 2.59. The molecule has 0 amide bonds. The van der Waals surface area contributed by atoms with Gasteiger partial charge in [-0.25, -0.2) is 4.79 Å². The van der Waals surface area contributed by atoms with Crippen molar-refractivity contribution in [3.05, 3.63) is 0 Å². The van der Waals surface area contributed by atoms with Crippen molar-refractivity contribution in [2.45, 2.75) is 43.5 Å². The minimum Gasteiger partial charge on any atom is -0.467 e. The molecule has 3 atom stereocenters. The molecule has 1 aliphatic heterocycles. The van der Waals surface area contributed by atoms with Gasteiger partial charge in [0.2, 0.25) is 0 Å². The van der Waals surface area contributed by atoms with Gasteiger partial charge >= 0.3 is 5.97 Å². The van der Waals surface area contributed by atoms with Crippen LogP contribution in [0.25, 0.3) is 0 Å². The largest absolute Gasteiger partial charge is 0.467 e. The Morgan fingerprint density at radius 2 is 2.29 bits per heavy atom. The fraction of sp³-hybridized carbons (Fsp3) is 0.900. The third kappa shape index (κ3) is 0.880. The lowest BCUT2D eigenvalue weighted by Crippen LogP contribution is -2.50. The third-order valence-corrected chi connectivity index (χ3v) is 3.59. The first-order valence-electron chi connectivity index (χ1n) is 4.98. The van der Waals surface area contributed by atoms with Crippen molar-refractivity contribution in [1.29, 1.82) is 0 Å². The lowest BCUT2D eigenvalue weighted by molar-refractivity contribution is -0.147. The van der Waals surface area contributed by atoms with E-state index in [0.29, 0.717) is 6.42 Å². The van der Waals surface area contributed by atoms with Crippen LogP contribution in [0.3, 0.4) is 0 Å². The molecule has 0 radical (unpaired) electrons. The van der Waals surface area contributed by atoms with E-state index in [2.05, 4.69) is 0 Å². The summed E-state index contributed by atoms with van der Waals surface area (Å²) in [6.07, 6.45) is 2.57. The van der Waals surface area contributed by atoms with Crippen molar-refractivity contribution in [2.24, 2.45) is 0 Å². The Hall–Kier alpha value is -0.610. The van der Waals surface area contributed by atoms with Gasteiger partial charge in [0.25, 0.3) is 0 Å². The average Bonchev–Trinajstić information content (AvgIpc) is 2.89. The van der Waals surface area contributed by atoms with Crippen LogP contribution in [0.2, 0.25) is 0 Å². The van der Waals surface area contributed by atoms with Gasteiger partial charge in [-0.1, -0.05) is 6.92 Å². The molecule has 2 rings (SSSR count). The zero-order valence-corrected chi connectivity index (χ0v) is 8.83. The van der Waals surface area contributed by atoms with Crippen molar-refractivity contribution in [1.82, 2.24) is 0 Å². The molecule has 14 heavy (non-hydrogen) atoms. The van der Waals surface area contributed by atoms with Crippen molar-refractivity contribution >= 4 is 5.97 Å². The topological polar surface area (TPSA) is 48.1 Å². The van der Waals surface area contributed by atoms with Gasteiger partial charge in [-0.3, -0.25) is 0 Å². The molecule has 1 saturated heterocycles. The zero-order valence-electron chi connectivity index (χ0n) is 8.83. The highest BCUT2D eigenvalue weighted by Crippen LogP contribution is 2.63. The number of carbonyl (C=O) groups excluding carboxylic acids is 1. The van der Waals surface area contributed by atoms with Gasteiger partial charge in [0, 0.05) is 7.11 Å². The quantitative estimate of drug-likeness (QED) is 0.501. The van der Waals surface area contributed by atoms with Crippen LogP contribution in [0, 0.1) is 0 Å². The molecule has 4 heteroatoms. The smallest absolute Gasteiger partial charge is 0.341 e. The van der Waals surface area contributed by atoms with Gasteiger partial charge in [-0.2, -0.15) is 0 Å². The number of hydrogen-bond donors (Lipinski definition) is 0. The van der Waals surface area contributed by atoms with Crippen LogP contribution in [-0.2, 0) is 19.0 Å². The number of ether oxygens (including phenoxy) is 3. The predicted octanol–water partition coefficient (Wildman–Crippen LogP) is 0.886. The Balaban J connectivity index is 2.16. The zero-order chi connectivity index (χ0) is 10.4. The summed E-state index contributed by atoms with van der Waals surface area (Å²) in [5.41, 5.74) is -1.09. The maximum atomic E-state index is 11.6. The normalized spacial score (nSPS) is 44.6. The lowest BCUT2D eigenvalue weighted by atomic mass is 9.72. The van der Waals surface area contributed by atoms with Crippen molar-refractivity contribution < 1.29 is 19.0 Å². The average molecular weight is 200 g/mol. The van der Waals surface area contributed by atoms with E-state index in [1.54, 1.807) is 7.11 Å². The Morgan fingerprint density at radius 1 is 1.57 bits per heavy atom. The maximum Gasteiger partial charge on any atom is 0.341 e. The molecule has 1 saturated carbocycles. The van der Waals surface area contributed by atoms with Crippen LogP contribution in [0.15, 0.2) is 0 Å². The van der Waals surface area contributed by atoms with E-state index in [1.165, 1.54) is 7.11 Å². The van der Waals surface area contributed by atoms with Gasteiger partial charge < -0.3 is 14.2 Å². The van der Waals surface area contributed by atoms with Crippen LogP contribution < -0.4 is 0 Å². The summed E-state index contributed by atoms with van der Waals surface area (Å²) < 4.78 is 15.7. The molecule has 0 aromatic carbocycles. The molecule has 1 heterocycles. The Bertz CT molecular complexity index is 263. The van der Waals surface area contributed by atoms with Crippen LogP contribution in [0.5, 0.6) is 0 Å². The number of esters is 1. The second-order valence-corrected chi connectivity index (χ2v) is 3.93. The summed E-state index contributed by atoms with van der Waals surface area (Å²) in [5.74, 6) is -0.262. The SMILES string of the molecule is CCC1(C(=O)OC)OC12CCC2OC. The first kappa shape index (κ1) is 9.93. The Labute approximate surface area is 83.5 Å². The predicted molar refractivity (Wildman–Crippen MR) is 48.9 cm³/mol. The summed E-state index contributed by atoms with van der Waals surface area (Å²) in [6.45, 7) is 1.94. The highest BCUT2D eigenvalue weighted by atomic mass is 16.7.